The van der Waals surface area contributed by atoms with E-state index in [1.807, 2.05) is 9.80 Å². The molecule has 0 amide bonds. The first-order valence-electron chi connectivity index (χ1n) is 10.1. The fourth-order valence-corrected chi connectivity index (χ4v) is 4.48. The third kappa shape index (κ3) is 13.1. The average Bonchev–Trinajstić information content (AvgIpc) is 2.67. The summed E-state index contributed by atoms with van der Waals surface area (Å²) >= 11 is 0. The van der Waals surface area contributed by atoms with Gasteiger partial charge in [-0.05, 0) is 6.42 Å². The normalized spacial score (nSPS) is 22.5. The zero-order chi connectivity index (χ0) is 22.6. The number of nitrogens with one attached hydrogen (secondary N) is 1. The number of nitrogens with zero attached hydrogens (tertiary/aromatic N) is 3. The van der Waals surface area contributed by atoms with Gasteiger partial charge in [0.1, 0.15) is 0 Å². The Labute approximate surface area is 179 Å². The van der Waals surface area contributed by atoms with Gasteiger partial charge in [0.15, 0.2) is 0 Å². The number of rotatable bonds is 10. The van der Waals surface area contributed by atoms with Crippen molar-refractivity contribution in [1.29, 1.82) is 0 Å². The number of β-amino-alcohol motifs (C(OH)–C–C–N with tert-alkyl or cyclic N) is 2. The molecule has 2 fully saturated rings. The van der Waals surface area contributed by atoms with Crippen LogP contribution in [0.4, 0.5) is 0 Å². The SMILES string of the molecule is O=S(=O)(O)CCC1CNCCN1CCO.O=S(=O)(O)CCN1CCN(CCO)CC1. The molecule has 0 aliphatic carbocycles. The van der Waals surface area contributed by atoms with Crippen LogP contribution in [0.2, 0.25) is 0 Å². The van der Waals surface area contributed by atoms with Crippen LogP contribution in [0, 0.1) is 0 Å². The quantitative estimate of drug-likeness (QED) is 0.203. The molecule has 12 nitrogen and oxygen atoms in total. The number of aliphatic hydroxyl groups excluding tert-OH is 2. The Kier molecular flexibility index (Phi) is 12.8. The van der Waals surface area contributed by atoms with Gasteiger partial charge in [0.2, 0.25) is 0 Å². The Morgan fingerprint density at radius 1 is 0.767 bits per heavy atom. The van der Waals surface area contributed by atoms with Crippen molar-refractivity contribution in [2.24, 2.45) is 0 Å². The van der Waals surface area contributed by atoms with Crippen LogP contribution in [-0.2, 0) is 20.2 Å². The van der Waals surface area contributed by atoms with Crippen LogP contribution in [0.3, 0.4) is 0 Å². The summed E-state index contributed by atoms with van der Waals surface area (Å²) in [6.07, 6.45) is 0.395. The van der Waals surface area contributed by atoms with Gasteiger partial charge in [-0.25, -0.2) is 0 Å². The van der Waals surface area contributed by atoms with E-state index in [-0.39, 0.29) is 30.8 Å². The van der Waals surface area contributed by atoms with E-state index in [1.54, 1.807) is 0 Å². The lowest BCUT2D eigenvalue weighted by Gasteiger charge is -2.35. The van der Waals surface area contributed by atoms with E-state index in [4.69, 9.17) is 19.3 Å². The Morgan fingerprint density at radius 3 is 1.80 bits per heavy atom. The Morgan fingerprint density at radius 2 is 1.30 bits per heavy atom. The molecule has 2 heterocycles. The zero-order valence-electron chi connectivity index (χ0n) is 17.3. The smallest absolute Gasteiger partial charge is 0.266 e. The molecule has 0 saturated carbocycles. The van der Waals surface area contributed by atoms with Crippen molar-refractivity contribution in [1.82, 2.24) is 20.0 Å². The first kappa shape index (κ1) is 27.6. The van der Waals surface area contributed by atoms with Gasteiger partial charge < -0.3 is 15.5 Å². The number of hydrogen-bond donors (Lipinski definition) is 5. The Balaban J connectivity index is 0.000000300. The van der Waals surface area contributed by atoms with Crippen molar-refractivity contribution in [2.45, 2.75) is 12.5 Å². The van der Waals surface area contributed by atoms with E-state index >= 15 is 0 Å². The Hall–Kier alpha value is -0.420. The van der Waals surface area contributed by atoms with E-state index in [1.165, 1.54) is 0 Å². The Bertz CT molecular complexity index is 667. The number of hydrogen-bond acceptors (Lipinski definition) is 10. The molecule has 30 heavy (non-hydrogen) atoms. The minimum atomic E-state index is -3.88. The molecule has 180 valence electrons. The molecule has 2 rings (SSSR count). The van der Waals surface area contributed by atoms with Crippen molar-refractivity contribution in [2.75, 3.05) is 90.2 Å². The van der Waals surface area contributed by atoms with Crippen molar-refractivity contribution < 1.29 is 36.2 Å². The maximum absolute atomic E-state index is 10.6. The summed E-state index contributed by atoms with van der Waals surface area (Å²) in [5.41, 5.74) is 0. The lowest BCUT2D eigenvalue weighted by atomic mass is 10.1. The molecule has 1 atom stereocenters. The topological polar surface area (TPSA) is 171 Å². The van der Waals surface area contributed by atoms with Gasteiger partial charge in [-0.1, -0.05) is 0 Å². The lowest BCUT2D eigenvalue weighted by Crippen LogP contribution is -2.52. The van der Waals surface area contributed by atoms with Gasteiger partial charge in [0, 0.05) is 71.5 Å². The molecule has 0 aromatic rings. The van der Waals surface area contributed by atoms with E-state index in [0.29, 0.717) is 32.6 Å². The third-order valence-corrected chi connectivity index (χ3v) is 6.57. The van der Waals surface area contributed by atoms with E-state index in [2.05, 4.69) is 10.2 Å². The van der Waals surface area contributed by atoms with Gasteiger partial charge in [0.25, 0.3) is 20.2 Å². The molecule has 14 heteroatoms. The summed E-state index contributed by atoms with van der Waals surface area (Å²) in [7, 11) is -7.72. The first-order valence-corrected chi connectivity index (χ1v) is 13.3. The van der Waals surface area contributed by atoms with Crippen LogP contribution in [0.5, 0.6) is 0 Å². The summed E-state index contributed by atoms with van der Waals surface area (Å²) in [4.78, 5) is 6.17. The molecule has 2 saturated heterocycles. The zero-order valence-corrected chi connectivity index (χ0v) is 18.9. The molecule has 2 aliphatic rings. The van der Waals surface area contributed by atoms with Crippen molar-refractivity contribution in [3.63, 3.8) is 0 Å². The summed E-state index contributed by atoms with van der Waals surface area (Å²) in [6, 6.07) is 0.0767. The van der Waals surface area contributed by atoms with E-state index in [0.717, 1.165) is 39.3 Å². The van der Waals surface area contributed by atoms with Crippen LogP contribution >= 0.6 is 0 Å². The van der Waals surface area contributed by atoms with Crippen LogP contribution < -0.4 is 5.32 Å². The summed E-state index contributed by atoms with van der Waals surface area (Å²) in [6.45, 7) is 7.45. The molecule has 0 aromatic carbocycles. The van der Waals surface area contributed by atoms with Crippen LogP contribution in [0.15, 0.2) is 0 Å². The standard InChI is InChI=1S/2C8H18N2O4S/c11-5-4-10-3-2-9-7-8(10)1-6-15(12,13)14;11-7-5-9-1-3-10(4-2-9)6-8-15(12,13)14/h8-9,11H,1-7H2,(H,12,13,14);11H,1-8H2,(H,12,13,14). The molecule has 0 aromatic heterocycles. The van der Waals surface area contributed by atoms with Crippen molar-refractivity contribution >= 4 is 20.2 Å². The monoisotopic (exact) mass is 476 g/mol. The van der Waals surface area contributed by atoms with E-state index in [9.17, 15) is 16.8 Å². The van der Waals surface area contributed by atoms with Crippen molar-refractivity contribution in [3.05, 3.63) is 0 Å². The third-order valence-electron chi connectivity index (χ3n) is 5.12. The highest BCUT2D eigenvalue weighted by molar-refractivity contribution is 7.86. The minimum Gasteiger partial charge on any atom is -0.395 e. The summed E-state index contributed by atoms with van der Waals surface area (Å²) in [5, 5.41) is 20.7. The minimum absolute atomic E-state index is 0.0718. The lowest BCUT2D eigenvalue weighted by molar-refractivity contribution is 0.116. The average molecular weight is 477 g/mol. The highest BCUT2D eigenvalue weighted by Gasteiger charge is 2.23. The molecular formula is C16H36N4O8S2. The maximum atomic E-state index is 10.6. The first-order chi connectivity index (χ1) is 14.0. The molecule has 0 bridgehead atoms. The summed E-state index contributed by atoms with van der Waals surface area (Å²) < 4.78 is 59.5. The van der Waals surface area contributed by atoms with E-state index < -0.39 is 20.2 Å². The molecule has 2 aliphatic heterocycles. The molecule has 0 radical (unpaired) electrons. The second-order valence-corrected chi connectivity index (χ2v) is 10.5. The molecule has 0 spiro atoms. The predicted octanol–water partition coefficient (Wildman–Crippen LogP) is -2.99. The van der Waals surface area contributed by atoms with Gasteiger partial charge in [-0.15, -0.1) is 0 Å². The maximum Gasteiger partial charge on any atom is 0.266 e. The van der Waals surface area contributed by atoms with Gasteiger partial charge >= 0.3 is 0 Å². The fraction of sp³-hybridized carbons (Fsp3) is 1.00. The molecular weight excluding hydrogens is 440 g/mol. The second kappa shape index (κ2) is 13.9. The summed E-state index contributed by atoms with van der Waals surface area (Å²) in [5.74, 6) is -0.422. The van der Waals surface area contributed by atoms with Gasteiger partial charge in [-0.2, -0.15) is 16.8 Å². The van der Waals surface area contributed by atoms with Crippen molar-refractivity contribution in [3.8, 4) is 0 Å². The van der Waals surface area contributed by atoms with Gasteiger partial charge in [0.05, 0.1) is 24.7 Å². The highest BCUT2D eigenvalue weighted by atomic mass is 32.2. The number of aliphatic hydroxyl groups is 2. The fourth-order valence-electron chi connectivity index (χ4n) is 3.42. The van der Waals surface area contributed by atoms with Crippen LogP contribution in [0.25, 0.3) is 0 Å². The van der Waals surface area contributed by atoms with Crippen LogP contribution in [-0.4, -0.2) is 147 Å². The second-order valence-electron chi connectivity index (χ2n) is 7.39. The highest BCUT2D eigenvalue weighted by Crippen LogP contribution is 2.08. The van der Waals surface area contributed by atoms with Gasteiger partial charge in [-0.3, -0.25) is 23.8 Å². The molecule has 1 unspecified atom stereocenters. The largest absolute Gasteiger partial charge is 0.395 e. The molecule has 5 N–H and O–H groups in total. The van der Waals surface area contributed by atoms with Crippen LogP contribution in [0.1, 0.15) is 6.42 Å². The number of piperazine rings is 2. The predicted molar refractivity (Wildman–Crippen MR) is 113 cm³/mol.